The molecule has 0 saturated heterocycles. The molecule has 0 bridgehead atoms. The van der Waals surface area contributed by atoms with Crippen LogP contribution in [0, 0.1) is 5.41 Å². The van der Waals surface area contributed by atoms with E-state index in [0.717, 1.165) is 6.42 Å². The van der Waals surface area contributed by atoms with Gasteiger partial charge < -0.3 is 0 Å². The van der Waals surface area contributed by atoms with E-state index >= 15 is 0 Å². The molecule has 1 nitrogen and oxygen atoms in total. The second-order valence-electron chi connectivity index (χ2n) is 5.65. The fourth-order valence-corrected chi connectivity index (χ4v) is 3.46. The Morgan fingerprint density at radius 1 is 1.18 bits per heavy atom. The summed E-state index contributed by atoms with van der Waals surface area (Å²) in [6, 6.07) is 0. The van der Waals surface area contributed by atoms with E-state index in [0.29, 0.717) is 0 Å². The van der Waals surface area contributed by atoms with E-state index in [-0.39, 0.29) is 10.4 Å². The molecule has 0 heterocycles. The summed E-state index contributed by atoms with van der Waals surface area (Å²) in [6.45, 7) is 6.55. The molecule has 0 aliphatic rings. The molecule has 68 valence electrons. The summed E-state index contributed by atoms with van der Waals surface area (Å²) in [6.07, 6.45) is 0.955. The van der Waals surface area contributed by atoms with Crippen LogP contribution in [-0.4, -0.2) is 23.3 Å². The number of aliphatic hydroxyl groups is 1. The van der Waals surface area contributed by atoms with Gasteiger partial charge in [-0.15, -0.1) is 0 Å². The molecule has 0 aromatic heterocycles. The zero-order valence-electron chi connectivity index (χ0n) is 8.73. The van der Waals surface area contributed by atoms with Gasteiger partial charge in [0.2, 0.25) is 0 Å². The topological polar surface area (TPSA) is 20.2 Å². The molecule has 1 atom stereocenters. The zero-order chi connectivity index (χ0) is 9.28. The molecular formula is C9H22GeO. The van der Waals surface area contributed by atoms with Crippen molar-refractivity contribution in [2.75, 3.05) is 0 Å². The van der Waals surface area contributed by atoms with Crippen LogP contribution in [0.25, 0.3) is 0 Å². The molecule has 1 unspecified atom stereocenters. The summed E-state index contributed by atoms with van der Waals surface area (Å²) in [5, 5.41) is 9.80. The third kappa shape index (κ3) is 5.74. The van der Waals surface area contributed by atoms with Crippen LogP contribution in [-0.2, 0) is 0 Å². The van der Waals surface area contributed by atoms with Crippen molar-refractivity contribution in [3.63, 3.8) is 0 Å². The summed E-state index contributed by atoms with van der Waals surface area (Å²) in [7, 11) is 0. The summed E-state index contributed by atoms with van der Waals surface area (Å²) < 4.78 is 0. The van der Waals surface area contributed by atoms with Gasteiger partial charge in [-0.05, 0) is 0 Å². The van der Waals surface area contributed by atoms with Crippen LogP contribution in [0.2, 0.25) is 17.3 Å². The Morgan fingerprint density at radius 3 is 1.64 bits per heavy atom. The monoisotopic (exact) mass is 220 g/mol. The molecule has 0 spiro atoms. The number of rotatable bonds is 2. The molecule has 11 heavy (non-hydrogen) atoms. The molecule has 0 radical (unpaired) electrons. The first-order valence-corrected chi connectivity index (χ1v) is 11.8. The van der Waals surface area contributed by atoms with E-state index < -0.39 is 13.3 Å². The van der Waals surface area contributed by atoms with Crippen molar-refractivity contribution in [1.82, 2.24) is 0 Å². The Labute approximate surface area is 73.6 Å². The van der Waals surface area contributed by atoms with E-state index in [1.54, 1.807) is 0 Å². The van der Waals surface area contributed by atoms with Gasteiger partial charge in [0.1, 0.15) is 0 Å². The predicted octanol–water partition coefficient (Wildman–Crippen LogP) is 2.66. The summed E-state index contributed by atoms with van der Waals surface area (Å²) in [4.78, 5) is -0.00463. The standard InChI is InChI=1S/C9H22GeO/c1-9(2,3)7-8(11)10(4,5)6/h8,11H,7H2,1-6H3. The first-order valence-electron chi connectivity index (χ1n) is 4.31. The first-order chi connectivity index (χ1) is 4.63. The molecule has 0 saturated carbocycles. The normalized spacial score (nSPS) is 16.6. The minimum atomic E-state index is -1.78. The average molecular weight is 219 g/mol. The van der Waals surface area contributed by atoms with Crippen LogP contribution in [0.15, 0.2) is 0 Å². The van der Waals surface area contributed by atoms with Gasteiger partial charge in [0, 0.05) is 0 Å². The molecule has 0 aromatic rings. The van der Waals surface area contributed by atoms with Crippen molar-refractivity contribution in [3.05, 3.63) is 0 Å². The minimum absolute atomic E-state index is 0.00463. The third-order valence-corrected chi connectivity index (χ3v) is 6.43. The molecule has 0 aliphatic heterocycles. The van der Waals surface area contributed by atoms with E-state index in [1.165, 1.54) is 0 Å². The van der Waals surface area contributed by atoms with Gasteiger partial charge in [-0.3, -0.25) is 0 Å². The fourth-order valence-electron chi connectivity index (χ4n) is 0.886. The first kappa shape index (κ1) is 11.5. The summed E-state index contributed by atoms with van der Waals surface area (Å²) in [5.41, 5.74) is 0.276. The molecule has 0 aliphatic carbocycles. The van der Waals surface area contributed by atoms with E-state index in [1.807, 2.05) is 0 Å². The number of hydrogen-bond donors (Lipinski definition) is 1. The number of hydrogen-bond acceptors (Lipinski definition) is 1. The Bertz CT molecular complexity index is 119. The van der Waals surface area contributed by atoms with Gasteiger partial charge in [-0.2, -0.15) is 0 Å². The molecule has 1 N–H and O–H groups in total. The summed E-state index contributed by atoms with van der Waals surface area (Å²) >= 11 is -1.78. The van der Waals surface area contributed by atoms with Crippen molar-refractivity contribution in [2.45, 2.75) is 49.4 Å². The Balaban J connectivity index is 3.99. The molecule has 0 aromatic carbocycles. The number of aliphatic hydroxyl groups excluding tert-OH is 1. The van der Waals surface area contributed by atoms with E-state index in [2.05, 4.69) is 38.0 Å². The van der Waals surface area contributed by atoms with E-state index in [4.69, 9.17) is 0 Å². The molecule has 0 amide bonds. The van der Waals surface area contributed by atoms with Crippen molar-refractivity contribution in [3.8, 4) is 0 Å². The molecule has 0 fully saturated rings. The van der Waals surface area contributed by atoms with Crippen molar-refractivity contribution >= 4 is 13.3 Å². The zero-order valence-corrected chi connectivity index (χ0v) is 10.8. The van der Waals surface area contributed by atoms with Gasteiger partial charge in [-0.25, -0.2) is 0 Å². The second kappa shape index (κ2) is 3.48. The quantitative estimate of drug-likeness (QED) is 0.707. The Kier molecular flexibility index (Phi) is 3.64. The predicted molar refractivity (Wildman–Crippen MR) is 53.4 cm³/mol. The van der Waals surface area contributed by atoms with Crippen molar-refractivity contribution in [2.24, 2.45) is 5.41 Å². The van der Waals surface area contributed by atoms with E-state index in [9.17, 15) is 5.11 Å². The summed E-state index contributed by atoms with van der Waals surface area (Å²) in [5.74, 6) is 6.78. The van der Waals surface area contributed by atoms with Crippen LogP contribution in [0.5, 0.6) is 0 Å². The Hall–Kier alpha value is 0.503. The van der Waals surface area contributed by atoms with Gasteiger partial charge >= 0.3 is 73.2 Å². The van der Waals surface area contributed by atoms with Crippen molar-refractivity contribution < 1.29 is 5.11 Å². The van der Waals surface area contributed by atoms with Gasteiger partial charge in [0.15, 0.2) is 0 Å². The van der Waals surface area contributed by atoms with Crippen LogP contribution < -0.4 is 0 Å². The van der Waals surface area contributed by atoms with Crippen LogP contribution >= 0.6 is 0 Å². The van der Waals surface area contributed by atoms with Crippen LogP contribution in [0.1, 0.15) is 27.2 Å². The van der Waals surface area contributed by atoms with Gasteiger partial charge in [0.05, 0.1) is 0 Å². The Morgan fingerprint density at radius 2 is 1.55 bits per heavy atom. The molecular weight excluding hydrogens is 197 g/mol. The third-order valence-electron chi connectivity index (χ3n) is 1.81. The van der Waals surface area contributed by atoms with Gasteiger partial charge in [-0.1, -0.05) is 0 Å². The van der Waals surface area contributed by atoms with Crippen LogP contribution in [0.4, 0.5) is 0 Å². The van der Waals surface area contributed by atoms with Crippen LogP contribution in [0.3, 0.4) is 0 Å². The molecule has 0 rings (SSSR count). The molecule has 2 heteroatoms. The van der Waals surface area contributed by atoms with Crippen molar-refractivity contribution in [1.29, 1.82) is 0 Å². The second-order valence-corrected chi connectivity index (χ2v) is 17.0. The average Bonchev–Trinajstić information content (AvgIpc) is 1.56. The maximum atomic E-state index is 9.80. The fraction of sp³-hybridized carbons (Fsp3) is 1.00. The SMILES string of the molecule is CC(C)(C)C[CH](O)[Ge]([CH3])([CH3])[CH3]. The van der Waals surface area contributed by atoms with Gasteiger partial charge in [0.25, 0.3) is 0 Å². The maximum absolute atomic E-state index is 9.80.